The number of aromatic hydroxyl groups is 1. The molecule has 56 valence electrons. The summed E-state index contributed by atoms with van der Waals surface area (Å²) in [4.78, 5) is 0. The Balaban J connectivity index is 0. The predicted octanol–water partition coefficient (Wildman–Crippen LogP) is -0.474. The SMILES string of the molecule is Oc1ccc(Cl)cc1Cl.[K+].[OH-]. The molecule has 1 aromatic rings. The number of halogens is 2. The van der Waals surface area contributed by atoms with E-state index in [0.29, 0.717) is 5.02 Å². The van der Waals surface area contributed by atoms with Crippen molar-refractivity contribution < 1.29 is 62.0 Å². The molecule has 0 aliphatic carbocycles. The first-order valence-corrected chi connectivity index (χ1v) is 3.10. The Morgan fingerprint density at radius 3 is 2.09 bits per heavy atom. The molecule has 0 spiro atoms. The van der Waals surface area contributed by atoms with Crippen LogP contribution in [0.15, 0.2) is 18.2 Å². The molecule has 0 aromatic heterocycles. The van der Waals surface area contributed by atoms with Crippen molar-refractivity contribution in [2.45, 2.75) is 0 Å². The van der Waals surface area contributed by atoms with E-state index >= 15 is 0 Å². The molecule has 0 fully saturated rings. The third-order valence-electron chi connectivity index (χ3n) is 0.910. The average Bonchev–Trinajstić information content (AvgIpc) is 1.80. The molecular formula is C6H5Cl2KO2. The zero-order chi connectivity index (χ0) is 6.85. The van der Waals surface area contributed by atoms with Crippen molar-refractivity contribution in [3.63, 3.8) is 0 Å². The molecule has 0 aliphatic rings. The molecule has 1 aromatic carbocycles. The standard InChI is InChI=1S/C6H4Cl2O.K.H2O/c7-4-1-2-6(9)5(8)3-4;;/h1-3,9H;;1H2/q;+1;/p-1. The van der Waals surface area contributed by atoms with Crippen LogP contribution in [0, 0.1) is 0 Å². The van der Waals surface area contributed by atoms with E-state index in [-0.39, 0.29) is 67.6 Å². The van der Waals surface area contributed by atoms with Crippen LogP contribution >= 0.6 is 23.2 Å². The second-order valence-corrected chi connectivity index (χ2v) is 2.44. The topological polar surface area (TPSA) is 50.2 Å². The maximum Gasteiger partial charge on any atom is 1.00 e. The minimum absolute atomic E-state index is 0. The molecule has 2 nitrogen and oxygen atoms in total. The van der Waals surface area contributed by atoms with Gasteiger partial charge in [0.05, 0.1) is 5.02 Å². The molecule has 0 bridgehead atoms. The van der Waals surface area contributed by atoms with Crippen molar-refractivity contribution in [2.24, 2.45) is 0 Å². The number of rotatable bonds is 0. The number of phenols is 1. The largest absolute Gasteiger partial charge is 1.00 e. The molecule has 5 heteroatoms. The number of benzene rings is 1. The smallest absolute Gasteiger partial charge is 0.870 e. The second kappa shape index (κ2) is 6.68. The number of hydrogen-bond donors (Lipinski definition) is 1. The summed E-state index contributed by atoms with van der Waals surface area (Å²) < 4.78 is 0. The zero-order valence-corrected chi connectivity index (χ0v) is 10.5. The van der Waals surface area contributed by atoms with Crippen molar-refractivity contribution in [1.29, 1.82) is 0 Å². The normalized spacial score (nSPS) is 7.82. The Bertz CT molecular complexity index is 230. The van der Waals surface area contributed by atoms with Crippen molar-refractivity contribution in [1.82, 2.24) is 0 Å². The van der Waals surface area contributed by atoms with E-state index in [1.165, 1.54) is 12.1 Å². The van der Waals surface area contributed by atoms with Gasteiger partial charge in [-0.1, -0.05) is 23.2 Å². The van der Waals surface area contributed by atoms with Crippen LogP contribution in [0.5, 0.6) is 5.75 Å². The molecule has 11 heavy (non-hydrogen) atoms. The summed E-state index contributed by atoms with van der Waals surface area (Å²) >= 11 is 11.0. The van der Waals surface area contributed by atoms with Gasteiger partial charge in [0.15, 0.2) is 0 Å². The van der Waals surface area contributed by atoms with Crippen molar-refractivity contribution >= 4 is 23.2 Å². The first kappa shape index (κ1) is 14.7. The van der Waals surface area contributed by atoms with Gasteiger partial charge in [0.2, 0.25) is 0 Å². The van der Waals surface area contributed by atoms with Crippen molar-refractivity contribution in [3.05, 3.63) is 28.2 Å². The zero-order valence-electron chi connectivity index (χ0n) is 5.88. The van der Waals surface area contributed by atoms with Crippen LogP contribution in [-0.2, 0) is 0 Å². The Hall–Kier alpha value is 1.20. The first-order chi connectivity index (χ1) is 4.20. The van der Waals surface area contributed by atoms with E-state index in [9.17, 15) is 0 Å². The van der Waals surface area contributed by atoms with Crippen LogP contribution < -0.4 is 51.4 Å². The van der Waals surface area contributed by atoms with Crippen LogP contribution in [-0.4, -0.2) is 10.6 Å². The summed E-state index contributed by atoms with van der Waals surface area (Å²) in [6.45, 7) is 0. The molecule has 0 amide bonds. The quantitative estimate of drug-likeness (QED) is 0.599. The fraction of sp³-hybridized carbons (Fsp3) is 0. The van der Waals surface area contributed by atoms with Gasteiger partial charge in [0.1, 0.15) is 5.75 Å². The van der Waals surface area contributed by atoms with Crippen LogP contribution in [0.1, 0.15) is 0 Å². The maximum absolute atomic E-state index is 8.85. The minimum atomic E-state index is 0. The van der Waals surface area contributed by atoms with Gasteiger partial charge in [0, 0.05) is 5.02 Å². The van der Waals surface area contributed by atoms with Crippen molar-refractivity contribution in [3.8, 4) is 5.75 Å². The monoisotopic (exact) mass is 218 g/mol. The fourth-order valence-corrected chi connectivity index (χ4v) is 0.890. The summed E-state index contributed by atoms with van der Waals surface area (Å²) in [6.07, 6.45) is 0. The van der Waals surface area contributed by atoms with E-state index in [2.05, 4.69) is 0 Å². The Morgan fingerprint density at radius 2 is 1.73 bits per heavy atom. The summed E-state index contributed by atoms with van der Waals surface area (Å²) in [7, 11) is 0. The van der Waals surface area contributed by atoms with Gasteiger partial charge < -0.3 is 10.6 Å². The first-order valence-electron chi connectivity index (χ1n) is 2.34. The summed E-state index contributed by atoms with van der Waals surface area (Å²) in [5.74, 6) is 0.0565. The summed E-state index contributed by atoms with van der Waals surface area (Å²) in [5, 5.41) is 9.66. The molecule has 0 unspecified atom stereocenters. The summed E-state index contributed by atoms with van der Waals surface area (Å²) in [6, 6.07) is 4.51. The molecule has 0 atom stereocenters. The molecular weight excluding hydrogens is 214 g/mol. The van der Waals surface area contributed by atoms with E-state index < -0.39 is 0 Å². The molecule has 0 heterocycles. The maximum atomic E-state index is 8.85. The summed E-state index contributed by atoms with van der Waals surface area (Å²) in [5.41, 5.74) is 0. The van der Waals surface area contributed by atoms with Gasteiger partial charge >= 0.3 is 51.4 Å². The average molecular weight is 219 g/mol. The molecule has 1 rings (SSSR count). The molecule has 0 saturated heterocycles. The molecule has 2 N–H and O–H groups in total. The van der Waals surface area contributed by atoms with Crippen molar-refractivity contribution in [2.75, 3.05) is 0 Å². The Labute approximate surface area is 117 Å². The molecule has 0 radical (unpaired) electrons. The Kier molecular flexibility index (Phi) is 8.94. The van der Waals surface area contributed by atoms with Crippen LogP contribution in [0.25, 0.3) is 0 Å². The molecule has 0 aliphatic heterocycles. The third kappa shape index (κ3) is 4.70. The van der Waals surface area contributed by atoms with E-state index in [4.69, 9.17) is 28.3 Å². The predicted molar refractivity (Wildman–Crippen MR) is 40.1 cm³/mol. The van der Waals surface area contributed by atoms with Gasteiger partial charge in [-0.3, -0.25) is 0 Å². The Morgan fingerprint density at radius 1 is 1.18 bits per heavy atom. The fourth-order valence-electron chi connectivity index (χ4n) is 0.481. The van der Waals surface area contributed by atoms with Crippen LogP contribution in [0.4, 0.5) is 0 Å². The van der Waals surface area contributed by atoms with E-state index in [1.807, 2.05) is 0 Å². The van der Waals surface area contributed by atoms with Crippen LogP contribution in [0.2, 0.25) is 10.0 Å². The van der Waals surface area contributed by atoms with Gasteiger partial charge in [0.25, 0.3) is 0 Å². The van der Waals surface area contributed by atoms with Gasteiger partial charge in [-0.25, -0.2) is 0 Å². The number of hydrogen-bond acceptors (Lipinski definition) is 2. The molecule has 0 saturated carbocycles. The number of phenolic OH excluding ortho intramolecular Hbond substituents is 1. The van der Waals surface area contributed by atoms with Gasteiger partial charge in [-0.05, 0) is 18.2 Å². The third-order valence-corrected chi connectivity index (χ3v) is 1.45. The minimum Gasteiger partial charge on any atom is -0.870 e. The van der Waals surface area contributed by atoms with Crippen LogP contribution in [0.3, 0.4) is 0 Å². The van der Waals surface area contributed by atoms with E-state index in [1.54, 1.807) is 6.07 Å². The van der Waals surface area contributed by atoms with E-state index in [0.717, 1.165) is 0 Å². The van der Waals surface area contributed by atoms with Gasteiger partial charge in [-0.2, -0.15) is 0 Å². The van der Waals surface area contributed by atoms with Gasteiger partial charge in [-0.15, -0.1) is 0 Å². The second-order valence-electron chi connectivity index (χ2n) is 1.60.